The van der Waals surface area contributed by atoms with Crippen LogP contribution in [0.15, 0.2) is 59.1 Å². The number of hydrazine groups is 1. The molecule has 2 amide bonds. The maximum atomic E-state index is 13.0. The maximum absolute atomic E-state index is 13.0. The third kappa shape index (κ3) is 6.19. The molecule has 0 saturated heterocycles. The zero-order valence-electron chi connectivity index (χ0n) is 18.5. The summed E-state index contributed by atoms with van der Waals surface area (Å²) < 4.78 is 16.7. The highest BCUT2D eigenvalue weighted by Gasteiger charge is 2.29. The number of amides is 2. The molecule has 1 unspecified atom stereocenters. The molecule has 0 spiro atoms. The number of methoxy groups -OCH3 is 1. The topological polar surface area (TPSA) is 108 Å². The predicted molar refractivity (Wildman–Crippen MR) is 124 cm³/mol. The molecule has 1 heterocycles. The Kier molecular flexibility index (Phi) is 8.59. The number of aryl methyl sites for hydroxylation is 1. The summed E-state index contributed by atoms with van der Waals surface area (Å²) in [6, 6.07) is 14.1. The van der Waals surface area contributed by atoms with Gasteiger partial charge in [0.25, 0.3) is 11.8 Å². The molecule has 174 valence electrons. The van der Waals surface area contributed by atoms with Gasteiger partial charge in [-0.15, -0.1) is 11.6 Å². The van der Waals surface area contributed by atoms with Crippen LogP contribution in [0.3, 0.4) is 0 Å². The number of halogens is 1. The fourth-order valence-corrected chi connectivity index (χ4v) is 3.37. The van der Waals surface area contributed by atoms with Gasteiger partial charge >= 0.3 is 0 Å². The van der Waals surface area contributed by atoms with Gasteiger partial charge in [0.15, 0.2) is 11.7 Å². The Hall–Kier alpha value is -3.20. The van der Waals surface area contributed by atoms with Gasteiger partial charge in [-0.05, 0) is 36.6 Å². The number of carbonyl (C=O) groups is 2. The van der Waals surface area contributed by atoms with Gasteiger partial charge in [0.05, 0.1) is 25.5 Å². The molecule has 8 nitrogen and oxygen atoms in total. The summed E-state index contributed by atoms with van der Waals surface area (Å²) in [5, 5.41) is 0.580. The Morgan fingerprint density at radius 3 is 2.61 bits per heavy atom. The van der Waals surface area contributed by atoms with Crippen LogP contribution in [0.5, 0.6) is 5.75 Å². The summed E-state index contributed by atoms with van der Waals surface area (Å²) in [6.45, 7) is 1.94. The third-order valence-corrected chi connectivity index (χ3v) is 5.23. The van der Waals surface area contributed by atoms with Gasteiger partial charge in [-0.25, -0.2) is 15.8 Å². The average Bonchev–Trinajstić information content (AvgIpc) is 3.29. The molecule has 0 radical (unpaired) electrons. The highest BCUT2D eigenvalue weighted by atomic mass is 35.5. The zero-order chi connectivity index (χ0) is 23.8. The van der Waals surface area contributed by atoms with Crippen molar-refractivity contribution in [2.24, 2.45) is 5.84 Å². The first kappa shape index (κ1) is 24.4. The van der Waals surface area contributed by atoms with Crippen LogP contribution in [0.25, 0.3) is 11.3 Å². The van der Waals surface area contributed by atoms with Crippen molar-refractivity contribution in [3.8, 4) is 17.1 Å². The lowest BCUT2D eigenvalue weighted by Crippen LogP contribution is -2.48. The van der Waals surface area contributed by atoms with Crippen LogP contribution < -0.4 is 10.6 Å². The predicted octanol–water partition coefficient (Wildman–Crippen LogP) is 4.11. The van der Waals surface area contributed by atoms with Crippen molar-refractivity contribution in [1.82, 2.24) is 9.99 Å². The van der Waals surface area contributed by atoms with Crippen LogP contribution in [-0.2, 0) is 16.1 Å². The summed E-state index contributed by atoms with van der Waals surface area (Å²) in [4.78, 5) is 30.0. The lowest BCUT2D eigenvalue weighted by molar-refractivity contribution is -0.142. The van der Waals surface area contributed by atoms with Gasteiger partial charge in [-0.2, -0.15) is 0 Å². The minimum absolute atomic E-state index is 0.182. The second-order valence-electron chi connectivity index (χ2n) is 7.29. The quantitative estimate of drug-likeness (QED) is 0.205. The van der Waals surface area contributed by atoms with E-state index in [1.54, 1.807) is 25.3 Å². The zero-order valence-corrected chi connectivity index (χ0v) is 19.2. The lowest BCUT2D eigenvalue weighted by atomic mass is 10.1. The molecule has 3 aromatic rings. The summed E-state index contributed by atoms with van der Waals surface area (Å²) >= 11 is 5.80. The van der Waals surface area contributed by atoms with Gasteiger partial charge in [-0.1, -0.05) is 30.3 Å². The van der Waals surface area contributed by atoms with E-state index in [0.29, 0.717) is 46.7 Å². The molecular weight excluding hydrogens is 446 g/mol. The Morgan fingerprint density at radius 2 is 1.97 bits per heavy atom. The number of benzene rings is 2. The van der Waals surface area contributed by atoms with E-state index >= 15 is 0 Å². The van der Waals surface area contributed by atoms with E-state index in [1.807, 2.05) is 30.3 Å². The molecule has 0 bridgehead atoms. The van der Waals surface area contributed by atoms with Crippen molar-refractivity contribution in [2.45, 2.75) is 32.5 Å². The smallest absolute Gasteiger partial charge is 0.275 e. The molecule has 0 fully saturated rings. The van der Waals surface area contributed by atoms with E-state index in [0.717, 1.165) is 5.56 Å². The normalized spacial score (nSPS) is 11.8. The maximum Gasteiger partial charge on any atom is 0.275 e. The minimum Gasteiger partial charge on any atom is -0.496 e. The minimum atomic E-state index is -0.906. The number of oxazole rings is 1. The highest BCUT2D eigenvalue weighted by molar-refractivity contribution is 6.17. The molecule has 33 heavy (non-hydrogen) atoms. The molecule has 0 saturated carbocycles. The fourth-order valence-electron chi connectivity index (χ4n) is 3.22. The molecule has 3 rings (SSSR count). The van der Waals surface area contributed by atoms with Crippen molar-refractivity contribution >= 4 is 23.4 Å². The first-order valence-electron chi connectivity index (χ1n) is 10.4. The Morgan fingerprint density at radius 1 is 1.21 bits per heavy atom. The SMILES string of the molecule is COc1cc(C(=O)N(N)C(=O)C(CCCCl)OCc2ccccc2)ccc1-c1cnc(C)o1. The molecule has 0 aliphatic carbocycles. The molecule has 9 heteroatoms. The molecule has 0 aliphatic heterocycles. The van der Waals surface area contributed by atoms with E-state index < -0.39 is 17.9 Å². The monoisotopic (exact) mass is 471 g/mol. The molecule has 1 aromatic heterocycles. The van der Waals surface area contributed by atoms with Crippen LogP contribution in [0.2, 0.25) is 0 Å². The van der Waals surface area contributed by atoms with Gasteiger partial charge in [-0.3, -0.25) is 9.59 Å². The summed E-state index contributed by atoms with van der Waals surface area (Å²) in [5.41, 5.74) is 1.71. The van der Waals surface area contributed by atoms with Crippen LogP contribution >= 0.6 is 11.6 Å². The average molecular weight is 472 g/mol. The van der Waals surface area contributed by atoms with E-state index in [9.17, 15) is 9.59 Å². The highest BCUT2D eigenvalue weighted by Crippen LogP contribution is 2.31. The van der Waals surface area contributed by atoms with Gasteiger partial charge in [0.2, 0.25) is 0 Å². The van der Waals surface area contributed by atoms with Crippen molar-refractivity contribution in [2.75, 3.05) is 13.0 Å². The van der Waals surface area contributed by atoms with E-state index in [-0.39, 0.29) is 12.2 Å². The molecule has 0 aliphatic rings. The largest absolute Gasteiger partial charge is 0.496 e. The van der Waals surface area contributed by atoms with Crippen LogP contribution in [0, 0.1) is 6.92 Å². The first-order chi connectivity index (χ1) is 15.9. The third-order valence-electron chi connectivity index (χ3n) is 4.96. The Labute approximate surface area is 197 Å². The molecular formula is C24H26ClN3O5. The van der Waals surface area contributed by atoms with Crippen molar-refractivity contribution in [3.63, 3.8) is 0 Å². The molecule has 2 N–H and O–H groups in total. The van der Waals surface area contributed by atoms with E-state index in [2.05, 4.69) is 4.98 Å². The van der Waals surface area contributed by atoms with E-state index in [1.165, 1.54) is 13.2 Å². The number of carbonyl (C=O) groups excluding carboxylic acids is 2. The second-order valence-corrected chi connectivity index (χ2v) is 7.67. The summed E-state index contributed by atoms with van der Waals surface area (Å²) in [6.07, 6.45) is 1.53. The van der Waals surface area contributed by atoms with Gasteiger partial charge in [0, 0.05) is 18.4 Å². The molecule has 1 atom stereocenters. The Balaban J connectivity index is 1.76. The number of nitrogens with zero attached hydrogens (tertiary/aromatic N) is 2. The number of nitrogens with two attached hydrogens (primary N) is 1. The van der Waals surface area contributed by atoms with Crippen LogP contribution in [-0.4, -0.2) is 40.9 Å². The van der Waals surface area contributed by atoms with Crippen LogP contribution in [0.4, 0.5) is 0 Å². The first-order valence-corrected chi connectivity index (χ1v) is 10.9. The number of aromatic nitrogens is 1. The number of imide groups is 1. The van der Waals surface area contributed by atoms with E-state index in [4.69, 9.17) is 31.3 Å². The number of rotatable bonds is 10. The van der Waals surface area contributed by atoms with Crippen LogP contribution in [0.1, 0.15) is 34.7 Å². The molecule has 2 aromatic carbocycles. The summed E-state index contributed by atoms with van der Waals surface area (Å²) in [7, 11) is 1.47. The Bertz CT molecular complexity index is 1090. The van der Waals surface area contributed by atoms with Crippen molar-refractivity contribution in [3.05, 3.63) is 71.7 Å². The number of hydrogen-bond donors (Lipinski definition) is 1. The number of ether oxygens (including phenoxy) is 2. The lowest BCUT2D eigenvalue weighted by Gasteiger charge is -2.22. The van der Waals surface area contributed by atoms with Gasteiger partial charge in [0.1, 0.15) is 11.9 Å². The number of alkyl halides is 1. The standard InChI is InChI=1S/C24H26ClN3O5/c1-16-27-14-22(33-16)19-11-10-18(13-21(19)31-2)23(29)28(26)24(30)20(9-6-12-25)32-15-17-7-4-3-5-8-17/h3-5,7-8,10-11,13-14,20H,6,9,12,15,26H2,1-2H3. The fraction of sp³-hybridized carbons (Fsp3) is 0.292. The second kappa shape index (κ2) is 11.6. The number of hydrogen-bond acceptors (Lipinski definition) is 7. The van der Waals surface area contributed by atoms with Crippen molar-refractivity contribution in [1.29, 1.82) is 0 Å². The van der Waals surface area contributed by atoms with Crippen molar-refractivity contribution < 1.29 is 23.5 Å². The van der Waals surface area contributed by atoms with Gasteiger partial charge < -0.3 is 13.9 Å². The summed E-state index contributed by atoms with van der Waals surface area (Å²) in [5.74, 6) is 6.35.